The molecule has 0 aliphatic rings. The van der Waals surface area contributed by atoms with E-state index >= 15 is 0 Å². The molecule has 0 fully saturated rings. The van der Waals surface area contributed by atoms with Gasteiger partial charge in [0.1, 0.15) is 6.10 Å². The van der Waals surface area contributed by atoms with Crippen molar-refractivity contribution < 1.29 is 9.53 Å². The molecular formula is C14H19ClN2O2S2. The maximum absolute atomic E-state index is 12.5. The highest BCUT2D eigenvalue weighted by Crippen LogP contribution is 2.18. The molecule has 2 N–H and O–H groups in total. The van der Waals surface area contributed by atoms with Crippen LogP contribution in [0.1, 0.15) is 9.75 Å². The molecule has 2 aromatic heterocycles. The highest BCUT2D eigenvalue weighted by atomic mass is 35.5. The van der Waals surface area contributed by atoms with E-state index in [1.807, 2.05) is 35.0 Å². The molecule has 2 heterocycles. The van der Waals surface area contributed by atoms with Gasteiger partial charge < -0.3 is 15.4 Å². The van der Waals surface area contributed by atoms with Gasteiger partial charge in [-0.15, -0.1) is 35.1 Å². The minimum Gasteiger partial charge on any atom is -0.370 e. The summed E-state index contributed by atoms with van der Waals surface area (Å²) in [6.45, 7) is 1.38. The van der Waals surface area contributed by atoms with Crippen LogP contribution in [0.2, 0.25) is 0 Å². The molecule has 4 nitrogen and oxygen atoms in total. The Kier molecular flexibility index (Phi) is 7.92. The predicted molar refractivity (Wildman–Crippen MR) is 90.0 cm³/mol. The Labute approximate surface area is 138 Å². The molecule has 0 bridgehead atoms. The van der Waals surface area contributed by atoms with Gasteiger partial charge in [0.2, 0.25) is 0 Å². The summed E-state index contributed by atoms with van der Waals surface area (Å²) < 4.78 is 5.17. The van der Waals surface area contributed by atoms with E-state index in [0.29, 0.717) is 13.1 Å². The van der Waals surface area contributed by atoms with Gasteiger partial charge in [0.15, 0.2) is 0 Å². The van der Waals surface area contributed by atoms with E-state index < -0.39 is 6.10 Å². The average Bonchev–Trinajstić information content (AvgIpc) is 3.12. The molecule has 1 unspecified atom stereocenters. The average molecular weight is 347 g/mol. The van der Waals surface area contributed by atoms with Crippen molar-refractivity contribution in [1.82, 2.24) is 4.90 Å². The van der Waals surface area contributed by atoms with E-state index in [1.165, 1.54) is 7.11 Å². The fourth-order valence-corrected chi connectivity index (χ4v) is 3.33. The van der Waals surface area contributed by atoms with E-state index in [2.05, 4.69) is 0 Å². The van der Waals surface area contributed by atoms with Crippen LogP contribution in [-0.4, -0.2) is 30.6 Å². The molecule has 0 aliphatic heterocycles. The molecule has 7 heteroatoms. The molecule has 0 spiro atoms. The number of nitrogens with two attached hydrogens (primary N) is 1. The minimum absolute atomic E-state index is 0. The second kappa shape index (κ2) is 9.17. The van der Waals surface area contributed by atoms with Crippen molar-refractivity contribution in [1.29, 1.82) is 0 Å². The molecule has 1 atom stereocenters. The first-order valence-electron chi connectivity index (χ1n) is 6.31. The fourth-order valence-electron chi connectivity index (χ4n) is 1.89. The molecule has 1 amide bonds. The number of amides is 1. The van der Waals surface area contributed by atoms with Gasteiger partial charge in [0, 0.05) is 23.4 Å². The van der Waals surface area contributed by atoms with Crippen LogP contribution < -0.4 is 5.73 Å². The van der Waals surface area contributed by atoms with Crippen LogP contribution >= 0.6 is 35.1 Å². The number of carbonyl (C=O) groups is 1. The standard InChI is InChI=1S/C14H18N2O2S2.ClH/c1-18-13(8-15)14(17)16(9-11-4-2-6-19-11)10-12-5-3-7-20-12;/h2-7,13H,8-10,15H2,1H3;1H. The lowest BCUT2D eigenvalue weighted by molar-refractivity contribution is -0.142. The van der Waals surface area contributed by atoms with Crippen molar-refractivity contribution >= 4 is 41.0 Å². The second-order valence-electron chi connectivity index (χ2n) is 4.31. The SMILES string of the molecule is COC(CN)C(=O)N(Cc1cccs1)Cc1cccs1.Cl. The first-order valence-corrected chi connectivity index (χ1v) is 8.07. The number of carbonyl (C=O) groups excluding carboxylic acids is 1. The van der Waals surface area contributed by atoms with Crippen molar-refractivity contribution in [2.24, 2.45) is 5.73 Å². The van der Waals surface area contributed by atoms with Crippen molar-refractivity contribution in [3.63, 3.8) is 0 Å². The summed E-state index contributed by atoms with van der Waals surface area (Å²) in [5.41, 5.74) is 5.60. The Morgan fingerprint density at radius 2 is 1.76 bits per heavy atom. The first-order chi connectivity index (χ1) is 9.74. The van der Waals surface area contributed by atoms with Gasteiger partial charge in [-0.25, -0.2) is 0 Å². The Morgan fingerprint density at radius 3 is 2.10 bits per heavy atom. The van der Waals surface area contributed by atoms with Gasteiger partial charge in [-0.3, -0.25) is 4.79 Å². The zero-order valence-corrected chi connectivity index (χ0v) is 14.2. The number of hydrogen-bond donors (Lipinski definition) is 1. The van der Waals surface area contributed by atoms with Gasteiger partial charge in [-0.2, -0.15) is 0 Å². The third-order valence-corrected chi connectivity index (χ3v) is 4.66. The van der Waals surface area contributed by atoms with Gasteiger partial charge in [0.05, 0.1) is 13.1 Å². The molecule has 2 aromatic rings. The van der Waals surface area contributed by atoms with Gasteiger partial charge in [0.25, 0.3) is 5.91 Å². The Balaban J connectivity index is 0.00000220. The van der Waals surface area contributed by atoms with E-state index in [4.69, 9.17) is 10.5 Å². The van der Waals surface area contributed by atoms with Gasteiger partial charge in [-0.1, -0.05) is 12.1 Å². The molecular weight excluding hydrogens is 328 g/mol. The number of nitrogens with zero attached hydrogens (tertiary/aromatic N) is 1. The predicted octanol–water partition coefficient (Wildman–Crippen LogP) is 2.73. The number of methoxy groups -OCH3 is 1. The maximum Gasteiger partial charge on any atom is 0.253 e. The van der Waals surface area contributed by atoms with Crippen LogP contribution in [-0.2, 0) is 22.6 Å². The van der Waals surface area contributed by atoms with Crippen LogP contribution in [0, 0.1) is 0 Å². The lowest BCUT2D eigenvalue weighted by Crippen LogP contribution is -2.42. The molecule has 2 rings (SSSR count). The van der Waals surface area contributed by atoms with Crippen LogP contribution in [0.5, 0.6) is 0 Å². The first kappa shape index (κ1) is 18.1. The second-order valence-corrected chi connectivity index (χ2v) is 6.38. The third-order valence-electron chi connectivity index (χ3n) is 2.94. The van der Waals surface area contributed by atoms with Gasteiger partial charge >= 0.3 is 0 Å². The van der Waals surface area contributed by atoms with Crippen molar-refractivity contribution in [3.8, 4) is 0 Å². The van der Waals surface area contributed by atoms with E-state index in [-0.39, 0.29) is 24.9 Å². The summed E-state index contributed by atoms with van der Waals surface area (Å²) in [4.78, 5) is 16.6. The lowest BCUT2D eigenvalue weighted by atomic mass is 10.2. The van der Waals surface area contributed by atoms with Gasteiger partial charge in [-0.05, 0) is 22.9 Å². The smallest absolute Gasteiger partial charge is 0.253 e. The molecule has 0 radical (unpaired) electrons. The minimum atomic E-state index is -0.574. The monoisotopic (exact) mass is 346 g/mol. The zero-order valence-electron chi connectivity index (χ0n) is 11.7. The highest BCUT2D eigenvalue weighted by Gasteiger charge is 2.23. The number of thiophene rings is 2. The largest absolute Gasteiger partial charge is 0.370 e. The maximum atomic E-state index is 12.5. The third kappa shape index (κ3) is 5.09. The number of halogens is 1. The van der Waals surface area contributed by atoms with Crippen LogP contribution in [0.4, 0.5) is 0 Å². The molecule has 0 aliphatic carbocycles. The summed E-state index contributed by atoms with van der Waals surface area (Å²) in [6.07, 6.45) is -0.574. The van der Waals surface area contributed by atoms with E-state index in [9.17, 15) is 4.79 Å². The molecule has 21 heavy (non-hydrogen) atoms. The summed E-state index contributed by atoms with van der Waals surface area (Å²) >= 11 is 3.29. The molecule has 0 saturated heterocycles. The van der Waals surface area contributed by atoms with Crippen LogP contribution in [0.3, 0.4) is 0 Å². The molecule has 0 saturated carbocycles. The quantitative estimate of drug-likeness (QED) is 0.838. The van der Waals surface area contributed by atoms with E-state index in [0.717, 1.165) is 9.75 Å². The lowest BCUT2D eigenvalue weighted by Gasteiger charge is -2.25. The van der Waals surface area contributed by atoms with Crippen molar-refractivity contribution in [3.05, 3.63) is 44.8 Å². The van der Waals surface area contributed by atoms with Crippen LogP contribution in [0.15, 0.2) is 35.0 Å². The molecule has 0 aromatic carbocycles. The summed E-state index contributed by atoms with van der Waals surface area (Å²) in [6, 6.07) is 8.04. The summed E-state index contributed by atoms with van der Waals surface area (Å²) in [5, 5.41) is 4.03. The topological polar surface area (TPSA) is 55.6 Å². The van der Waals surface area contributed by atoms with Crippen molar-refractivity contribution in [2.75, 3.05) is 13.7 Å². The summed E-state index contributed by atoms with van der Waals surface area (Å²) in [7, 11) is 1.52. The Hall–Kier alpha value is -0.920. The van der Waals surface area contributed by atoms with Crippen molar-refractivity contribution in [2.45, 2.75) is 19.2 Å². The van der Waals surface area contributed by atoms with E-state index in [1.54, 1.807) is 27.6 Å². The zero-order chi connectivity index (χ0) is 14.4. The number of hydrogen-bond acceptors (Lipinski definition) is 5. The normalized spacial score (nSPS) is 11.7. The Morgan fingerprint density at radius 1 is 1.24 bits per heavy atom. The number of rotatable bonds is 7. The summed E-state index contributed by atoms with van der Waals surface area (Å²) in [5.74, 6) is -0.0585. The molecule has 116 valence electrons. The number of ether oxygens (including phenoxy) is 1. The Bertz CT molecular complexity index is 477. The van der Waals surface area contributed by atoms with Crippen LogP contribution in [0.25, 0.3) is 0 Å². The highest BCUT2D eigenvalue weighted by molar-refractivity contribution is 7.10. The fraction of sp³-hybridized carbons (Fsp3) is 0.357.